The van der Waals surface area contributed by atoms with Crippen molar-refractivity contribution in [3.05, 3.63) is 41.9 Å². The van der Waals surface area contributed by atoms with Gasteiger partial charge in [-0.25, -0.2) is 9.97 Å². The van der Waals surface area contributed by atoms with Crippen LogP contribution >= 0.6 is 0 Å². The first-order chi connectivity index (χ1) is 9.69. The normalized spacial score (nSPS) is 10.8. The van der Waals surface area contributed by atoms with Crippen molar-refractivity contribution in [1.29, 1.82) is 0 Å². The summed E-state index contributed by atoms with van der Waals surface area (Å²) in [4.78, 5) is 8.46. The number of benzene rings is 1. The van der Waals surface area contributed by atoms with Gasteiger partial charge in [0.1, 0.15) is 23.7 Å². The van der Waals surface area contributed by atoms with E-state index in [2.05, 4.69) is 15.3 Å². The fourth-order valence-electron chi connectivity index (χ4n) is 2.09. The number of rotatable bonds is 3. The third-order valence-corrected chi connectivity index (χ3v) is 3.32. The second-order valence-electron chi connectivity index (χ2n) is 4.54. The Labute approximate surface area is 116 Å². The predicted molar refractivity (Wildman–Crippen MR) is 77.6 cm³/mol. The minimum atomic E-state index is 0.603. The number of ether oxygens (including phenoxy) is 1. The lowest BCUT2D eigenvalue weighted by Crippen LogP contribution is -1.95. The molecule has 0 saturated carbocycles. The van der Waals surface area contributed by atoms with Crippen molar-refractivity contribution in [2.75, 3.05) is 12.4 Å². The molecule has 3 rings (SSSR count). The molecule has 0 fully saturated rings. The number of nitrogens with zero attached hydrogens (tertiary/aromatic N) is 2. The van der Waals surface area contributed by atoms with Crippen molar-refractivity contribution in [3.63, 3.8) is 0 Å². The molecule has 2 aromatic heterocycles. The number of nitrogens with one attached hydrogen (secondary N) is 1. The Hall–Kier alpha value is -2.56. The molecule has 102 valence electrons. The van der Waals surface area contributed by atoms with Crippen LogP contribution in [0.3, 0.4) is 0 Å². The van der Waals surface area contributed by atoms with Crippen LogP contribution in [0.1, 0.15) is 11.3 Å². The molecule has 0 aliphatic rings. The average Bonchev–Trinajstić information content (AvgIpc) is 2.76. The quantitative estimate of drug-likeness (QED) is 0.787. The highest BCUT2D eigenvalue weighted by Crippen LogP contribution is 2.30. The van der Waals surface area contributed by atoms with Gasteiger partial charge in [0.05, 0.1) is 12.5 Å². The summed E-state index contributed by atoms with van der Waals surface area (Å²) in [7, 11) is 1.65. The van der Waals surface area contributed by atoms with E-state index in [-0.39, 0.29) is 0 Å². The minimum absolute atomic E-state index is 0.603. The SMILES string of the molecule is COc1ccc(Nc2ncnc3oc(C)c(C)c23)cc1. The Kier molecular flexibility index (Phi) is 3.02. The van der Waals surface area contributed by atoms with Gasteiger partial charge < -0.3 is 14.5 Å². The molecule has 5 heteroatoms. The van der Waals surface area contributed by atoms with Gasteiger partial charge in [0.2, 0.25) is 5.71 Å². The lowest BCUT2D eigenvalue weighted by Gasteiger charge is -2.07. The van der Waals surface area contributed by atoms with Crippen molar-refractivity contribution in [2.24, 2.45) is 0 Å². The molecule has 1 aromatic carbocycles. The maximum Gasteiger partial charge on any atom is 0.231 e. The number of fused-ring (bicyclic) bond motifs is 1. The number of aromatic nitrogens is 2. The first-order valence-corrected chi connectivity index (χ1v) is 6.31. The summed E-state index contributed by atoms with van der Waals surface area (Å²) >= 11 is 0. The lowest BCUT2D eigenvalue weighted by molar-refractivity contribution is 0.415. The van der Waals surface area contributed by atoms with E-state index < -0.39 is 0 Å². The fourth-order valence-corrected chi connectivity index (χ4v) is 2.09. The van der Waals surface area contributed by atoms with E-state index in [1.165, 1.54) is 6.33 Å². The van der Waals surface area contributed by atoms with E-state index >= 15 is 0 Å². The second kappa shape index (κ2) is 4.85. The zero-order valence-electron chi connectivity index (χ0n) is 11.6. The average molecular weight is 269 g/mol. The molecule has 20 heavy (non-hydrogen) atoms. The standard InChI is InChI=1S/C15H15N3O2/c1-9-10(2)20-15-13(9)14(16-8-17-15)18-11-4-6-12(19-3)7-5-11/h4-8H,1-3H3,(H,16,17,18). The van der Waals surface area contributed by atoms with Gasteiger partial charge in [-0.3, -0.25) is 0 Å². The predicted octanol–water partition coefficient (Wildman–Crippen LogP) is 3.59. The summed E-state index contributed by atoms with van der Waals surface area (Å²) in [6, 6.07) is 7.67. The smallest absolute Gasteiger partial charge is 0.231 e. The fraction of sp³-hybridized carbons (Fsp3) is 0.200. The Morgan fingerprint density at radius 3 is 2.55 bits per heavy atom. The van der Waals surface area contributed by atoms with E-state index in [4.69, 9.17) is 9.15 Å². The van der Waals surface area contributed by atoms with Gasteiger partial charge in [-0.15, -0.1) is 0 Å². The molecule has 1 N–H and O–H groups in total. The monoisotopic (exact) mass is 269 g/mol. The van der Waals surface area contributed by atoms with Gasteiger partial charge in [-0.2, -0.15) is 0 Å². The van der Waals surface area contributed by atoms with Gasteiger partial charge >= 0.3 is 0 Å². The molecule has 0 saturated heterocycles. The van der Waals surface area contributed by atoms with Crippen LogP contribution in [0.4, 0.5) is 11.5 Å². The summed E-state index contributed by atoms with van der Waals surface area (Å²) in [5.74, 6) is 2.42. The molecule has 0 atom stereocenters. The first kappa shape index (κ1) is 12.5. The van der Waals surface area contributed by atoms with Crippen molar-refractivity contribution in [3.8, 4) is 5.75 Å². The zero-order chi connectivity index (χ0) is 14.1. The molecule has 0 amide bonds. The Morgan fingerprint density at radius 1 is 1.10 bits per heavy atom. The highest BCUT2D eigenvalue weighted by Gasteiger charge is 2.13. The molecule has 3 aromatic rings. The first-order valence-electron chi connectivity index (χ1n) is 6.31. The summed E-state index contributed by atoms with van der Waals surface area (Å²) in [6.45, 7) is 3.93. The third kappa shape index (κ3) is 2.07. The molecule has 2 heterocycles. The Bertz CT molecular complexity index is 748. The van der Waals surface area contributed by atoms with Crippen LogP contribution in [-0.4, -0.2) is 17.1 Å². The highest BCUT2D eigenvalue weighted by molar-refractivity contribution is 5.91. The molecule has 0 aliphatic heterocycles. The van der Waals surface area contributed by atoms with E-state index in [0.717, 1.165) is 34.0 Å². The van der Waals surface area contributed by atoms with Gasteiger partial charge in [0.25, 0.3) is 0 Å². The van der Waals surface area contributed by atoms with E-state index in [1.54, 1.807) is 7.11 Å². The number of furan rings is 1. The summed E-state index contributed by atoms with van der Waals surface area (Å²) in [6.07, 6.45) is 1.50. The van der Waals surface area contributed by atoms with Gasteiger partial charge in [0.15, 0.2) is 0 Å². The van der Waals surface area contributed by atoms with Crippen LogP contribution in [0.2, 0.25) is 0 Å². The molecular weight excluding hydrogens is 254 g/mol. The molecular formula is C15H15N3O2. The molecule has 0 bridgehead atoms. The van der Waals surface area contributed by atoms with Crippen molar-refractivity contribution in [1.82, 2.24) is 9.97 Å². The van der Waals surface area contributed by atoms with Crippen molar-refractivity contribution >= 4 is 22.6 Å². The molecule has 0 unspecified atom stereocenters. The lowest BCUT2D eigenvalue weighted by atomic mass is 10.2. The van der Waals surface area contributed by atoms with Crippen molar-refractivity contribution < 1.29 is 9.15 Å². The number of aryl methyl sites for hydroxylation is 2. The van der Waals surface area contributed by atoms with Crippen LogP contribution in [-0.2, 0) is 0 Å². The zero-order valence-corrected chi connectivity index (χ0v) is 11.6. The molecule has 5 nitrogen and oxygen atoms in total. The molecule has 0 aliphatic carbocycles. The van der Waals surface area contributed by atoms with Gasteiger partial charge in [-0.1, -0.05) is 0 Å². The summed E-state index contributed by atoms with van der Waals surface area (Å²) in [5, 5.41) is 4.20. The maximum absolute atomic E-state index is 5.60. The minimum Gasteiger partial charge on any atom is -0.497 e. The van der Waals surface area contributed by atoms with Crippen LogP contribution in [0, 0.1) is 13.8 Å². The molecule has 0 radical (unpaired) electrons. The number of methoxy groups -OCH3 is 1. The maximum atomic E-state index is 5.60. The number of anilines is 2. The van der Waals surface area contributed by atoms with Crippen LogP contribution in [0.15, 0.2) is 35.0 Å². The van der Waals surface area contributed by atoms with Gasteiger partial charge in [-0.05, 0) is 38.1 Å². The van der Waals surface area contributed by atoms with E-state index in [1.807, 2.05) is 38.1 Å². The van der Waals surface area contributed by atoms with Crippen LogP contribution in [0.25, 0.3) is 11.1 Å². The summed E-state index contributed by atoms with van der Waals surface area (Å²) in [5.41, 5.74) is 2.59. The van der Waals surface area contributed by atoms with E-state index in [9.17, 15) is 0 Å². The van der Waals surface area contributed by atoms with Crippen molar-refractivity contribution in [2.45, 2.75) is 13.8 Å². The second-order valence-corrected chi connectivity index (χ2v) is 4.54. The largest absolute Gasteiger partial charge is 0.497 e. The summed E-state index contributed by atoms with van der Waals surface area (Å²) < 4.78 is 10.7. The highest BCUT2D eigenvalue weighted by atomic mass is 16.5. The topological polar surface area (TPSA) is 60.2 Å². The van der Waals surface area contributed by atoms with E-state index in [0.29, 0.717) is 5.71 Å². The molecule has 0 spiro atoms. The Balaban J connectivity index is 2.01. The Morgan fingerprint density at radius 2 is 1.85 bits per heavy atom. The van der Waals surface area contributed by atoms with Crippen LogP contribution in [0.5, 0.6) is 5.75 Å². The van der Waals surface area contributed by atoms with Gasteiger partial charge in [0, 0.05) is 11.3 Å². The number of hydrogen-bond acceptors (Lipinski definition) is 5. The third-order valence-electron chi connectivity index (χ3n) is 3.32. The number of hydrogen-bond donors (Lipinski definition) is 1. The van der Waals surface area contributed by atoms with Crippen LogP contribution < -0.4 is 10.1 Å².